The number of amides is 1. The zero-order valence-electron chi connectivity index (χ0n) is 16.5. The summed E-state index contributed by atoms with van der Waals surface area (Å²) >= 11 is 0. The number of para-hydroxylation sites is 2. The molecule has 7 nitrogen and oxygen atoms in total. The molecule has 4 heterocycles. The van der Waals surface area contributed by atoms with Crippen LogP contribution in [0.25, 0.3) is 11.0 Å². The van der Waals surface area contributed by atoms with E-state index in [1.165, 1.54) is 5.69 Å². The number of rotatable bonds is 3. The summed E-state index contributed by atoms with van der Waals surface area (Å²) in [5, 5.41) is 8.07. The van der Waals surface area contributed by atoms with E-state index in [2.05, 4.69) is 15.4 Å². The van der Waals surface area contributed by atoms with Crippen LogP contribution in [0, 0.1) is 0 Å². The lowest BCUT2D eigenvalue weighted by atomic mass is 10.0. The van der Waals surface area contributed by atoms with Gasteiger partial charge < -0.3 is 10.2 Å². The molecule has 0 spiro atoms. The summed E-state index contributed by atoms with van der Waals surface area (Å²) in [6.07, 6.45) is 8.27. The van der Waals surface area contributed by atoms with Crippen LogP contribution >= 0.6 is 0 Å². The summed E-state index contributed by atoms with van der Waals surface area (Å²) in [5.41, 5.74) is 3.54. The molecule has 3 aromatic rings. The Labute approximate surface area is 170 Å². The van der Waals surface area contributed by atoms with Crippen molar-refractivity contribution in [3.8, 4) is 0 Å². The van der Waals surface area contributed by atoms with E-state index < -0.39 is 0 Å². The van der Waals surface area contributed by atoms with E-state index in [1.54, 1.807) is 6.20 Å². The molecule has 150 valence electrons. The number of nitrogens with zero attached hydrogens (tertiary/aromatic N) is 5. The van der Waals surface area contributed by atoms with Crippen LogP contribution in [-0.4, -0.2) is 49.7 Å². The Morgan fingerprint density at radius 2 is 1.97 bits per heavy atom. The molecule has 1 fully saturated rings. The zero-order chi connectivity index (χ0) is 19.6. The molecule has 1 aromatic carbocycles. The summed E-state index contributed by atoms with van der Waals surface area (Å²) < 4.78 is 1.98. The SMILES string of the molecule is O=C(c1cc2n(n1)CCC2)N1CCCCCC(Nc2cnc3ccccc3n2)C1. The second kappa shape index (κ2) is 7.81. The fraction of sp³-hybridized carbons (Fsp3) is 0.455. The van der Waals surface area contributed by atoms with Crippen molar-refractivity contribution in [2.75, 3.05) is 18.4 Å². The Bertz CT molecular complexity index is 1010. The lowest BCUT2D eigenvalue weighted by Gasteiger charge is -2.30. The van der Waals surface area contributed by atoms with Gasteiger partial charge in [-0.05, 0) is 43.9 Å². The van der Waals surface area contributed by atoms with Gasteiger partial charge in [0, 0.05) is 31.4 Å². The van der Waals surface area contributed by atoms with Gasteiger partial charge in [0.15, 0.2) is 5.69 Å². The van der Waals surface area contributed by atoms with Gasteiger partial charge >= 0.3 is 0 Å². The van der Waals surface area contributed by atoms with E-state index in [4.69, 9.17) is 4.98 Å². The summed E-state index contributed by atoms with van der Waals surface area (Å²) in [4.78, 5) is 24.3. The van der Waals surface area contributed by atoms with E-state index in [1.807, 2.05) is 39.9 Å². The van der Waals surface area contributed by atoms with Crippen molar-refractivity contribution in [3.63, 3.8) is 0 Å². The molecular formula is C22H26N6O. The number of benzene rings is 1. The lowest BCUT2D eigenvalue weighted by Crippen LogP contribution is -2.42. The number of aryl methyl sites for hydroxylation is 2. The van der Waals surface area contributed by atoms with Gasteiger partial charge in [-0.2, -0.15) is 5.10 Å². The molecule has 1 amide bonds. The zero-order valence-corrected chi connectivity index (χ0v) is 16.5. The third-order valence-electron chi connectivity index (χ3n) is 5.89. The number of hydrogen-bond donors (Lipinski definition) is 1. The molecule has 1 saturated heterocycles. The molecular weight excluding hydrogens is 364 g/mol. The van der Waals surface area contributed by atoms with E-state index in [0.29, 0.717) is 12.2 Å². The third kappa shape index (κ3) is 3.81. The number of aromatic nitrogens is 4. The number of carbonyl (C=O) groups is 1. The van der Waals surface area contributed by atoms with Gasteiger partial charge in [0.2, 0.25) is 0 Å². The van der Waals surface area contributed by atoms with E-state index in [0.717, 1.165) is 68.5 Å². The van der Waals surface area contributed by atoms with Crippen LogP contribution in [0.15, 0.2) is 36.5 Å². The van der Waals surface area contributed by atoms with Crippen molar-refractivity contribution < 1.29 is 4.79 Å². The number of carbonyl (C=O) groups excluding carboxylic acids is 1. The maximum Gasteiger partial charge on any atom is 0.274 e. The van der Waals surface area contributed by atoms with E-state index in [9.17, 15) is 4.79 Å². The van der Waals surface area contributed by atoms with Gasteiger partial charge in [-0.15, -0.1) is 0 Å². The van der Waals surface area contributed by atoms with Gasteiger partial charge in [-0.1, -0.05) is 25.0 Å². The van der Waals surface area contributed by atoms with Gasteiger partial charge in [0.1, 0.15) is 5.82 Å². The van der Waals surface area contributed by atoms with Crippen LogP contribution in [0.4, 0.5) is 5.82 Å². The van der Waals surface area contributed by atoms with Crippen LogP contribution in [0.5, 0.6) is 0 Å². The number of hydrogen-bond acceptors (Lipinski definition) is 5. The fourth-order valence-electron chi connectivity index (χ4n) is 4.38. The molecule has 2 aliphatic heterocycles. The first-order chi connectivity index (χ1) is 14.3. The van der Waals surface area contributed by atoms with E-state index >= 15 is 0 Å². The molecule has 1 unspecified atom stereocenters. The second-order valence-corrected chi connectivity index (χ2v) is 8.03. The third-order valence-corrected chi connectivity index (χ3v) is 5.89. The number of likely N-dealkylation sites (tertiary alicyclic amines) is 1. The summed E-state index contributed by atoms with van der Waals surface area (Å²) in [6, 6.07) is 10.0. The molecule has 2 aliphatic rings. The molecule has 7 heteroatoms. The quantitative estimate of drug-likeness (QED) is 0.743. The van der Waals surface area contributed by atoms with Gasteiger partial charge in [-0.3, -0.25) is 14.5 Å². The highest BCUT2D eigenvalue weighted by Crippen LogP contribution is 2.20. The summed E-state index contributed by atoms with van der Waals surface area (Å²) in [7, 11) is 0. The molecule has 29 heavy (non-hydrogen) atoms. The average Bonchev–Trinajstić information content (AvgIpc) is 3.31. The van der Waals surface area contributed by atoms with E-state index in [-0.39, 0.29) is 11.9 Å². The summed E-state index contributed by atoms with van der Waals surface area (Å²) in [6.45, 7) is 2.37. The maximum absolute atomic E-state index is 13.1. The smallest absolute Gasteiger partial charge is 0.274 e. The lowest BCUT2D eigenvalue weighted by molar-refractivity contribution is 0.0729. The predicted octanol–water partition coefficient (Wildman–Crippen LogP) is 3.27. The Balaban J connectivity index is 1.32. The minimum absolute atomic E-state index is 0.0465. The first kappa shape index (κ1) is 18.1. The average molecular weight is 390 g/mol. The van der Waals surface area contributed by atoms with Crippen molar-refractivity contribution in [3.05, 3.63) is 47.9 Å². The largest absolute Gasteiger partial charge is 0.364 e. The highest BCUT2D eigenvalue weighted by Gasteiger charge is 2.26. The Kier molecular flexibility index (Phi) is 4.87. The van der Waals surface area contributed by atoms with Crippen LogP contribution in [-0.2, 0) is 13.0 Å². The highest BCUT2D eigenvalue weighted by molar-refractivity contribution is 5.92. The van der Waals surface area contributed by atoms with Crippen molar-refractivity contribution in [1.82, 2.24) is 24.6 Å². The predicted molar refractivity (Wildman–Crippen MR) is 112 cm³/mol. The standard InChI is InChI=1S/C22H26N6O/c29-22(20-13-17-8-6-12-28(17)26-20)27-11-5-1-2-7-16(15-27)24-21-14-23-18-9-3-4-10-19(18)25-21/h3-4,9-10,13-14,16H,1-2,5-8,11-12,15H2,(H,24,25). The number of anilines is 1. The first-order valence-electron chi connectivity index (χ1n) is 10.6. The van der Waals surface area contributed by atoms with Crippen molar-refractivity contribution in [2.24, 2.45) is 0 Å². The number of nitrogens with one attached hydrogen (secondary N) is 1. The minimum atomic E-state index is 0.0465. The van der Waals surface area contributed by atoms with Crippen LogP contribution in [0.2, 0.25) is 0 Å². The monoisotopic (exact) mass is 390 g/mol. The normalized spacial score (nSPS) is 19.6. The molecule has 0 radical (unpaired) electrons. The molecule has 1 N–H and O–H groups in total. The van der Waals surface area contributed by atoms with Gasteiger partial charge in [0.25, 0.3) is 5.91 Å². The van der Waals surface area contributed by atoms with Crippen LogP contribution in [0.1, 0.15) is 48.3 Å². The Hall–Kier alpha value is -2.96. The van der Waals surface area contributed by atoms with Crippen molar-refractivity contribution in [2.45, 2.75) is 51.1 Å². The molecule has 2 aromatic heterocycles. The maximum atomic E-state index is 13.1. The molecule has 5 rings (SSSR count). The highest BCUT2D eigenvalue weighted by atomic mass is 16.2. The molecule has 0 aliphatic carbocycles. The van der Waals surface area contributed by atoms with Crippen molar-refractivity contribution in [1.29, 1.82) is 0 Å². The van der Waals surface area contributed by atoms with Gasteiger partial charge in [0.05, 0.1) is 17.2 Å². The fourth-order valence-corrected chi connectivity index (χ4v) is 4.38. The molecule has 0 saturated carbocycles. The Morgan fingerprint density at radius 3 is 2.86 bits per heavy atom. The summed E-state index contributed by atoms with van der Waals surface area (Å²) in [5.74, 6) is 0.813. The van der Waals surface area contributed by atoms with Crippen LogP contribution in [0.3, 0.4) is 0 Å². The topological polar surface area (TPSA) is 75.9 Å². The van der Waals surface area contributed by atoms with Crippen LogP contribution < -0.4 is 5.32 Å². The minimum Gasteiger partial charge on any atom is -0.364 e. The Morgan fingerprint density at radius 1 is 1.07 bits per heavy atom. The second-order valence-electron chi connectivity index (χ2n) is 8.03. The number of fused-ring (bicyclic) bond motifs is 2. The van der Waals surface area contributed by atoms with Crippen molar-refractivity contribution >= 4 is 22.8 Å². The molecule has 0 bridgehead atoms. The first-order valence-corrected chi connectivity index (χ1v) is 10.6. The van der Waals surface area contributed by atoms with Gasteiger partial charge in [-0.25, -0.2) is 4.98 Å². The molecule has 1 atom stereocenters.